The number of nitrogens with one attached hydrogen (secondary N) is 3. The Morgan fingerprint density at radius 2 is 1.70 bits per heavy atom. The maximum atomic E-state index is 13.3. The first-order chi connectivity index (χ1) is 19.2. The zero-order valence-electron chi connectivity index (χ0n) is 21.7. The number of likely N-dealkylation sites (tertiary alicyclic amines) is 1. The first kappa shape index (κ1) is 28.6. The Morgan fingerprint density at radius 3 is 2.40 bits per heavy atom. The van der Waals surface area contributed by atoms with Crippen LogP contribution in [0.2, 0.25) is 0 Å². The van der Waals surface area contributed by atoms with E-state index < -0.39 is 54.5 Å². The van der Waals surface area contributed by atoms with Crippen LogP contribution in [0.15, 0.2) is 54.7 Å². The Morgan fingerprint density at radius 1 is 1.00 bits per heavy atom. The summed E-state index contributed by atoms with van der Waals surface area (Å²) in [7, 11) is 0. The van der Waals surface area contributed by atoms with E-state index in [1.807, 2.05) is 24.3 Å². The second-order valence-corrected chi connectivity index (χ2v) is 9.87. The molecule has 1 aromatic heterocycles. The lowest BCUT2D eigenvalue weighted by molar-refractivity contribution is -0.150. The number of hydrogen-bond donors (Lipinski definition) is 7. The van der Waals surface area contributed by atoms with Crippen molar-refractivity contribution in [2.75, 3.05) is 13.2 Å². The monoisotopic (exact) mass is 551 g/mol. The fraction of sp³-hybridized carbons (Fsp3) is 0.357. The molecule has 1 fully saturated rings. The van der Waals surface area contributed by atoms with Gasteiger partial charge in [-0.2, -0.15) is 0 Å². The molecule has 2 heterocycles. The van der Waals surface area contributed by atoms with Gasteiger partial charge in [-0.25, -0.2) is 4.79 Å². The lowest BCUT2D eigenvalue weighted by Crippen LogP contribution is -2.58. The molecule has 0 bridgehead atoms. The van der Waals surface area contributed by atoms with Gasteiger partial charge < -0.3 is 41.6 Å². The van der Waals surface area contributed by atoms with E-state index in [0.29, 0.717) is 12.0 Å². The van der Waals surface area contributed by atoms with Crippen molar-refractivity contribution in [1.82, 2.24) is 20.5 Å². The molecule has 0 aliphatic carbocycles. The number of aliphatic hydroxyl groups excluding tert-OH is 1. The van der Waals surface area contributed by atoms with Crippen LogP contribution in [0.5, 0.6) is 5.75 Å². The average Bonchev–Trinajstić information content (AvgIpc) is 3.60. The number of hydrogen-bond acceptors (Lipinski definition) is 7. The molecular weight excluding hydrogens is 518 g/mol. The smallest absolute Gasteiger partial charge is 0.326 e. The van der Waals surface area contributed by atoms with Gasteiger partial charge in [0.15, 0.2) is 0 Å². The lowest BCUT2D eigenvalue weighted by atomic mass is 10.0. The van der Waals surface area contributed by atoms with Gasteiger partial charge in [-0.1, -0.05) is 30.3 Å². The van der Waals surface area contributed by atoms with Crippen LogP contribution in [0.4, 0.5) is 0 Å². The molecule has 4 atom stereocenters. The van der Waals surface area contributed by atoms with Gasteiger partial charge in [-0.15, -0.1) is 0 Å². The number of carbonyl (C=O) groups is 4. The summed E-state index contributed by atoms with van der Waals surface area (Å²) < 4.78 is 0. The highest BCUT2D eigenvalue weighted by atomic mass is 16.4. The Bertz CT molecular complexity index is 1370. The summed E-state index contributed by atoms with van der Waals surface area (Å²) >= 11 is 0. The number of phenols is 1. The Balaban J connectivity index is 1.48. The quantitative estimate of drug-likeness (QED) is 0.173. The topological polar surface area (TPSA) is 198 Å². The van der Waals surface area contributed by atoms with Crippen LogP contribution in [0.3, 0.4) is 0 Å². The highest BCUT2D eigenvalue weighted by molar-refractivity contribution is 5.95. The molecule has 4 rings (SSSR count). The van der Waals surface area contributed by atoms with Crippen LogP contribution in [0, 0.1) is 0 Å². The second-order valence-electron chi connectivity index (χ2n) is 9.87. The number of nitrogens with zero attached hydrogens (tertiary/aromatic N) is 1. The number of nitrogens with two attached hydrogens (primary N) is 1. The summed E-state index contributed by atoms with van der Waals surface area (Å²) in [5.74, 6) is -3.19. The molecule has 1 aliphatic heterocycles. The second kappa shape index (κ2) is 12.6. The van der Waals surface area contributed by atoms with Gasteiger partial charge >= 0.3 is 5.97 Å². The Labute approximate surface area is 230 Å². The molecule has 3 aromatic rings. The van der Waals surface area contributed by atoms with Crippen molar-refractivity contribution in [3.05, 3.63) is 65.9 Å². The van der Waals surface area contributed by atoms with Crippen molar-refractivity contribution in [2.24, 2.45) is 5.73 Å². The number of amides is 3. The molecule has 3 amide bonds. The molecular formula is C28H33N5O7. The van der Waals surface area contributed by atoms with Gasteiger partial charge in [0, 0.05) is 30.1 Å². The van der Waals surface area contributed by atoms with Crippen molar-refractivity contribution in [2.45, 2.75) is 49.9 Å². The summed E-state index contributed by atoms with van der Waals surface area (Å²) in [6, 6.07) is 9.03. The average molecular weight is 552 g/mol. The third-order valence-corrected chi connectivity index (χ3v) is 7.08. The zero-order valence-corrected chi connectivity index (χ0v) is 21.7. The number of para-hydroxylation sites is 1. The molecule has 2 aromatic carbocycles. The predicted octanol–water partition coefficient (Wildman–Crippen LogP) is 0.0235. The molecule has 212 valence electrons. The van der Waals surface area contributed by atoms with Gasteiger partial charge in [0.1, 0.15) is 23.9 Å². The van der Waals surface area contributed by atoms with Crippen LogP contribution in [0.25, 0.3) is 10.9 Å². The number of aliphatic carboxylic acids is 1. The minimum Gasteiger partial charge on any atom is -0.508 e. The number of aliphatic hydroxyl groups is 1. The molecule has 40 heavy (non-hydrogen) atoms. The molecule has 1 aliphatic rings. The number of aromatic hydroxyl groups is 1. The largest absolute Gasteiger partial charge is 0.508 e. The van der Waals surface area contributed by atoms with Gasteiger partial charge in [-0.3, -0.25) is 14.4 Å². The van der Waals surface area contributed by atoms with E-state index in [0.717, 1.165) is 21.4 Å². The van der Waals surface area contributed by atoms with Crippen LogP contribution < -0.4 is 16.4 Å². The third-order valence-electron chi connectivity index (χ3n) is 7.08. The number of carboxylic acids is 1. The van der Waals surface area contributed by atoms with Crippen molar-refractivity contribution in [1.29, 1.82) is 0 Å². The fourth-order valence-electron chi connectivity index (χ4n) is 4.93. The first-order valence-electron chi connectivity index (χ1n) is 13.0. The number of aromatic amines is 1. The number of carboxylic acid groups (broad SMARTS) is 1. The van der Waals surface area contributed by atoms with E-state index >= 15 is 0 Å². The number of H-pyrrole nitrogens is 1. The minimum atomic E-state index is -1.40. The molecule has 12 nitrogen and oxygen atoms in total. The molecule has 0 spiro atoms. The maximum Gasteiger partial charge on any atom is 0.326 e. The Kier molecular flexibility index (Phi) is 9.02. The molecule has 8 N–H and O–H groups in total. The van der Waals surface area contributed by atoms with Gasteiger partial charge in [-0.05, 0) is 48.6 Å². The van der Waals surface area contributed by atoms with Crippen molar-refractivity contribution < 1.29 is 34.5 Å². The number of aromatic nitrogens is 1. The molecule has 1 saturated heterocycles. The predicted molar refractivity (Wildman–Crippen MR) is 145 cm³/mol. The SMILES string of the molecule is NC(Cc1c[nH]c2ccccc12)C(=O)NC(Cc1ccc(O)cc1)C(=O)NC(CO)C(=O)N1CCCC1C(=O)O. The van der Waals surface area contributed by atoms with Gasteiger partial charge in [0.2, 0.25) is 17.7 Å². The number of phenolic OH excluding ortho intramolecular Hbond substituents is 1. The van der Waals surface area contributed by atoms with E-state index in [2.05, 4.69) is 15.6 Å². The maximum absolute atomic E-state index is 13.3. The molecule has 0 radical (unpaired) electrons. The number of benzene rings is 2. The lowest BCUT2D eigenvalue weighted by Gasteiger charge is -2.28. The van der Waals surface area contributed by atoms with Crippen LogP contribution in [0.1, 0.15) is 24.0 Å². The number of rotatable bonds is 11. The van der Waals surface area contributed by atoms with E-state index in [-0.39, 0.29) is 31.6 Å². The Hall–Kier alpha value is -4.42. The molecule has 0 saturated carbocycles. The van der Waals surface area contributed by atoms with E-state index in [1.54, 1.807) is 18.3 Å². The molecule has 12 heteroatoms. The first-order valence-corrected chi connectivity index (χ1v) is 13.0. The van der Waals surface area contributed by atoms with E-state index in [4.69, 9.17) is 5.73 Å². The summed E-state index contributed by atoms with van der Waals surface area (Å²) in [6.45, 7) is -0.564. The molecule has 4 unspecified atom stereocenters. The number of carbonyl (C=O) groups excluding carboxylic acids is 3. The number of fused-ring (bicyclic) bond motifs is 1. The van der Waals surface area contributed by atoms with Crippen LogP contribution in [-0.4, -0.2) is 86.2 Å². The fourth-order valence-corrected chi connectivity index (χ4v) is 4.93. The highest BCUT2D eigenvalue weighted by Gasteiger charge is 2.38. The highest BCUT2D eigenvalue weighted by Crippen LogP contribution is 2.20. The summed E-state index contributed by atoms with van der Waals surface area (Å²) in [4.78, 5) is 55.3. The van der Waals surface area contributed by atoms with Crippen molar-refractivity contribution in [3.63, 3.8) is 0 Å². The van der Waals surface area contributed by atoms with Crippen molar-refractivity contribution in [3.8, 4) is 5.75 Å². The van der Waals surface area contributed by atoms with Crippen LogP contribution in [-0.2, 0) is 32.0 Å². The summed E-state index contributed by atoms with van der Waals surface area (Å²) in [5.41, 5.74) is 8.56. The summed E-state index contributed by atoms with van der Waals surface area (Å²) in [6.07, 6.45) is 2.75. The van der Waals surface area contributed by atoms with Gasteiger partial charge in [0.25, 0.3) is 0 Å². The van der Waals surface area contributed by atoms with Crippen molar-refractivity contribution >= 4 is 34.6 Å². The van der Waals surface area contributed by atoms with E-state index in [9.17, 15) is 34.5 Å². The third kappa shape index (κ3) is 6.58. The minimum absolute atomic E-state index is 0.00542. The normalized spacial score (nSPS) is 17.2. The van der Waals surface area contributed by atoms with Crippen LogP contribution >= 0.6 is 0 Å². The zero-order chi connectivity index (χ0) is 28.8. The standard InChI is InChI=1S/C28H33N5O7/c29-20(13-17-14-30-21-5-2-1-4-19(17)21)25(36)31-22(12-16-7-9-18(35)10-8-16)26(37)32-23(15-34)27(38)33-11-3-6-24(33)28(39)40/h1-2,4-5,7-10,14,20,22-24,30,34-35H,3,6,11-13,15,29H2,(H,31,36)(H,32,37)(H,39,40). The summed E-state index contributed by atoms with van der Waals surface area (Å²) in [5, 5.41) is 35.0. The van der Waals surface area contributed by atoms with E-state index in [1.165, 1.54) is 12.1 Å². The van der Waals surface area contributed by atoms with Gasteiger partial charge in [0.05, 0.1) is 12.6 Å².